The zero-order valence-corrected chi connectivity index (χ0v) is 19.5. The van der Waals surface area contributed by atoms with Crippen molar-refractivity contribution in [3.8, 4) is 0 Å². The van der Waals surface area contributed by atoms with Gasteiger partial charge in [0.1, 0.15) is 11.4 Å². The molecule has 1 N–H and O–H groups in total. The van der Waals surface area contributed by atoms with E-state index in [0.29, 0.717) is 24.2 Å². The standard InChI is InChI=1S/C26H24ClF4N3O/c27-21-9-10-23(32-17-21)25(16-18-7-3-1-4-8-18,33-24(35)34-11-5-2-6-12-34)19-13-20(26(29,30)31)15-22(28)14-19/h1,3-4,7-10,13-15,17H,2,5-6,11-12,16H2,(H,33,35). The van der Waals surface area contributed by atoms with Gasteiger partial charge in [-0.3, -0.25) is 4.98 Å². The number of rotatable bonds is 5. The number of urea groups is 1. The number of benzene rings is 2. The SMILES string of the molecule is O=C(NC(Cc1ccccc1)(c1cc(F)cc(C(F)(F)F)c1)c1ccc(Cl)cn1)N1CCCCC1. The molecule has 184 valence electrons. The van der Waals surface area contributed by atoms with Crippen LogP contribution in [-0.2, 0) is 18.1 Å². The predicted octanol–water partition coefficient (Wildman–Crippen LogP) is 6.57. The third kappa shape index (κ3) is 5.75. The smallest absolute Gasteiger partial charge is 0.325 e. The first kappa shape index (κ1) is 25.0. The van der Waals surface area contributed by atoms with Gasteiger partial charge in [-0.1, -0.05) is 41.9 Å². The van der Waals surface area contributed by atoms with Gasteiger partial charge in [0, 0.05) is 25.7 Å². The maximum absolute atomic E-state index is 14.6. The number of piperidine rings is 1. The lowest BCUT2D eigenvalue weighted by molar-refractivity contribution is -0.137. The van der Waals surface area contributed by atoms with Crippen molar-refractivity contribution in [2.75, 3.05) is 13.1 Å². The average molecular weight is 506 g/mol. The van der Waals surface area contributed by atoms with Crippen LogP contribution in [0.5, 0.6) is 0 Å². The van der Waals surface area contributed by atoms with Crippen molar-refractivity contribution in [1.29, 1.82) is 0 Å². The van der Waals surface area contributed by atoms with Crippen LogP contribution in [0.15, 0.2) is 66.9 Å². The van der Waals surface area contributed by atoms with Crippen molar-refractivity contribution in [1.82, 2.24) is 15.2 Å². The fourth-order valence-corrected chi connectivity index (χ4v) is 4.52. The van der Waals surface area contributed by atoms with Crippen LogP contribution in [0.4, 0.5) is 22.4 Å². The van der Waals surface area contributed by atoms with E-state index >= 15 is 0 Å². The van der Waals surface area contributed by atoms with Gasteiger partial charge in [0.15, 0.2) is 0 Å². The van der Waals surface area contributed by atoms with Gasteiger partial charge in [-0.2, -0.15) is 13.2 Å². The van der Waals surface area contributed by atoms with Crippen LogP contribution in [0.1, 0.15) is 41.6 Å². The van der Waals surface area contributed by atoms with Gasteiger partial charge >= 0.3 is 12.2 Å². The Bertz CT molecular complexity index is 1170. The molecule has 2 amide bonds. The number of amides is 2. The molecule has 0 spiro atoms. The summed E-state index contributed by atoms with van der Waals surface area (Å²) in [6, 6.07) is 13.9. The number of hydrogen-bond donors (Lipinski definition) is 1. The second-order valence-corrected chi connectivity index (χ2v) is 9.07. The molecule has 0 bridgehead atoms. The zero-order valence-electron chi connectivity index (χ0n) is 18.8. The lowest BCUT2D eigenvalue weighted by Gasteiger charge is -2.38. The molecule has 0 saturated carbocycles. The Labute approximate surface area is 205 Å². The van der Waals surface area contributed by atoms with Gasteiger partial charge in [-0.25, -0.2) is 9.18 Å². The van der Waals surface area contributed by atoms with Crippen molar-refractivity contribution in [3.63, 3.8) is 0 Å². The number of hydrogen-bond acceptors (Lipinski definition) is 2. The van der Waals surface area contributed by atoms with Crippen molar-refractivity contribution in [2.24, 2.45) is 0 Å². The molecule has 2 aromatic carbocycles. The van der Waals surface area contributed by atoms with E-state index in [4.69, 9.17) is 11.6 Å². The number of nitrogens with one attached hydrogen (secondary N) is 1. The van der Waals surface area contributed by atoms with E-state index < -0.39 is 29.1 Å². The first-order valence-corrected chi connectivity index (χ1v) is 11.7. The number of nitrogens with zero attached hydrogens (tertiary/aromatic N) is 2. The number of carbonyl (C=O) groups is 1. The number of aromatic nitrogens is 1. The lowest BCUT2D eigenvalue weighted by Crippen LogP contribution is -2.54. The monoisotopic (exact) mass is 505 g/mol. The molecule has 2 heterocycles. The molecular weight excluding hydrogens is 482 g/mol. The summed E-state index contributed by atoms with van der Waals surface area (Å²) in [6.07, 6.45) is -0.723. The Morgan fingerprint density at radius 2 is 1.66 bits per heavy atom. The number of halogens is 5. The van der Waals surface area contributed by atoms with Gasteiger partial charge < -0.3 is 10.2 Å². The average Bonchev–Trinajstić information content (AvgIpc) is 2.84. The minimum atomic E-state index is -4.78. The highest BCUT2D eigenvalue weighted by Crippen LogP contribution is 2.38. The number of pyridine rings is 1. The minimum absolute atomic E-state index is 0.0444. The normalized spacial score (nSPS) is 16.0. The van der Waals surface area contributed by atoms with Crippen LogP contribution >= 0.6 is 11.6 Å². The molecule has 4 nitrogen and oxygen atoms in total. The lowest BCUT2D eigenvalue weighted by atomic mass is 9.79. The molecular formula is C26H24ClF4N3O. The van der Waals surface area contributed by atoms with Crippen molar-refractivity contribution in [3.05, 3.63) is 100 Å². The molecule has 1 aromatic heterocycles. The van der Waals surface area contributed by atoms with Crippen LogP contribution in [0.25, 0.3) is 0 Å². The first-order valence-electron chi connectivity index (χ1n) is 11.3. The highest BCUT2D eigenvalue weighted by Gasteiger charge is 2.41. The highest BCUT2D eigenvalue weighted by molar-refractivity contribution is 6.30. The van der Waals surface area contributed by atoms with Crippen LogP contribution < -0.4 is 5.32 Å². The number of alkyl halides is 3. The van der Waals surface area contributed by atoms with Crippen LogP contribution in [0, 0.1) is 5.82 Å². The molecule has 1 saturated heterocycles. The van der Waals surface area contributed by atoms with Crippen LogP contribution in [0.2, 0.25) is 5.02 Å². The van der Waals surface area contributed by atoms with E-state index in [9.17, 15) is 22.4 Å². The maximum atomic E-state index is 14.6. The quantitative estimate of drug-likeness (QED) is 0.398. The summed E-state index contributed by atoms with van der Waals surface area (Å²) in [6.45, 7) is 1.05. The molecule has 1 aliphatic heterocycles. The summed E-state index contributed by atoms with van der Waals surface area (Å²) in [4.78, 5) is 19.4. The molecule has 3 aromatic rings. The third-order valence-corrected chi connectivity index (χ3v) is 6.38. The van der Waals surface area contributed by atoms with Gasteiger partial charge in [-0.15, -0.1) is 0 Å². The summed E-state index contributed by atoms with van der Waals surface area (Å²) in [5.74, 6) is -1.06. The summed E-state index contributed by atoms with van der Waals surface area (Å²) in [7, 11) is 0. The van der Waals surface area contributed by atoms with E-state index in [1.54, 1.807) is 41.3 Å². The second-order valence-electron chi connectivity index (χ2n) is 8.63. The highest BCUT2D eigenvalue weighted by atomic mass is 35.5. The maximum Gasteiger partial charge on any atom is 0.416 e. The van der Waals surface area contributed by atoms with E-state index in [-0.39, 0.29) is 17.7 Å². The Morgan fingerprint density at radius 3 is 2.29 bits per heavy atom. The van der Waals surface area contributed by atoms with E-state index in [1.165, 1.54) is 6.20 Å². The molecule has 1 unspecified atom stereocenters. The summed E-state index contributed by atoms with van der Waals surface area (Å²) < 4.78 is 55.7. The molecule has 0 aliphatic carbocycles. The van der Waals surface area contributed by atoms with Crippen molar-refractivity contribution >= 4 is 17.6 Å². The predicted molar refractivity (Wildman–Crippen MR) is 126 cm³/mol. The topological polar surface area (TPSA) is 45.2 Å². The van der Waals surface area contributed by atoms with Crippen molar-refractivity contribution in [2.45, 2.75) is 37.4 Å². The van der Waals surface area contributed by atoms with Gasteiger partial charge in [0.25, 0.3) is 0 Å². The van der Waals surface area contributed by atoms with Gasteiger partial charge in [0.2, 0.25) is 0 Å². The molecule has 1 atom stereocenters. The number of carbonyl (C=O) groups excluding carboxylic acids is 1. The van der Waals surface area contributed by atoms with Crippen LogP contribution in [-0.4, -0.2) is 29.0 Å². The molecule has 35 heavy (non-hydrogen) atoms. The molecule has 0 radical (unpaired) electrons. The van der Waals surface area contributed by atoms with E-state index in [0.717, 1.165) is 37.0 Å². The van der Waals surface area contributed by atoms with E-state index in [2.05, 4.69) is 10.3 Å². The van der Waals surface area contributed by atoms with Crippen LogP contribution in [0.3, 0.4) is 0 Å². The summed E-state index contributed by atoms with van der Waals surface area (Å²) in [5.41, 5.74) is -1.83. The second kappa shape index (κ2) is 10.2. The number of likely N-dealkylation sites (tertiary alicyclic amines) is 1. The Morgan fingerprint density at radius 1 is 0.971 bits per heavy atom. The van der Waals surface area contributed by atoms with E-state index in [1.807, 2.05) is 6.07 Å². The first-order chi connectivity index (χ1) is 16.7. The minimum Gasteiger partial charge on any atom is -0.325 e. The fourth-order valence-electron chi connectivity index (χ4n) is 4.41. The van der Waals surface area contributed by atoms with Gasteiger partial charge in [-0.05, 0) is 60.7 Å². The Hall–Kier alpha value is -3.13. The summed E-state index contributed by atoms with van der Waals surface area (Å²) in [5, 5.41) is 3.27. The Balaban J connectivity index is 1.92. The van der Waals surface area contributed by atoms with Gasteiger partial charge in [0.05, 0.1) is 16.3 Å². The Kier molecular flexibility index (Phi) is 7.31. The molecule has 9 heteroatoms. The fraction of sp³-hybridized carbons (Fsp3) is 0.308. The molecule has 1 aliphatic rings. The van der Waals surface area contributed by atoms with Crippen molar-refractivity contribution < 1.29 is 22.4 Å². The third-order valence-electron chi connectivity index (χ3n) is 6.16. The molecule has 4 rings (SSSR count). The largest absolute Gasteiger partial charge is 0.416 e. The molecule has 1 fully saturated rings. The summed E-state index contributed by atoms with van der Waals surface area (Å²) >= 11 is 6.04. The zero-order chi connectivity index (χ0) is 25.1.